The van der Waals surface area contributed by atoms with E-state index in [1.807, 2.05) is 4.90 Å². The van der Waals surface area contributed by atoms with Crippen LogP contribution in [0.1, 0.15) is 32.1 Å². The number of rotatable bonds is 2. The van der Waals surface area contributed by atoms with Crippen LogP contribution < -0.4 is 5.73 Å². The summed E-state index contributed by atoms with van der Waals surface area (Å²) in [5.41, 5.74) is 4.95. The molecule has 3 unspecified atom stereocenters. The van der Waals surface area contributed by atoms with E-state index < -0.39 is 5.41 Å². The lowest BCUT2D eigenvalue weighted by Gasteiger charge is -2.41. The second-order valence-electron chi connectivity index (χ2n) is 6.20. The third-order valence-corrected chi connectivity index (χ3v) is 5.32. The number of fused-ring (bicyclic) bond motifs is 1. The summed E-state index contributed by atoms with van der Waals surface area (Å²) >= 11 is 0. The van der Waals surface area contributed by atoms with Crippen molar-refractivity contribution in [2.75, 3.05) is 13.1 Å². The van der Waals surface area contributed by atoms with E-state index in [4.69, 9.17) is 10.9 Å². The zero-order chi connectivity index (χ0) is 13.6. The smallest absolute Gasteiger partial charge is 0.236 e. The number of aliphatic hydroxyl groups excluding tert-OH is 1. The van der Waals surface area contributed by atoms with Crippen LogP contribution in [0.2, 0.25) is 0 Å². The Balaban J connectivity index is 1.75. The SMILES string of the molecule is NC(=NO)C1(C(=O)N2CC3CCC(O)C3C2)CCC1. The fourth-order valence-corrected chi connectivity index (χ4v) is 3.91. The fraction of sp³-hybridized carbons (Fsp3) is 0.846. The molecule has 3 aliphatic rings. The lowest BCUT2D eigenvalue weighted by Crippen LogP contribution is -2.55. The van der Waals surface area contributed by atoms with Crippen LogP contribution >= 0.6 is 0 Å². The monoisotopic (exact) mass is 267 g/mol. The molecule has 0 aromatic rings. The molecule has 0 aromatic carbocycles. The maximum Gasteiger partial charge on any atom is 0.236 e. The van der Waals surface area contributed by atoms with E-state index in [0.717, 1.165) is 19.3 Å². The number of amidine groups is 1. The van der Waals surface area contributed by atoms with Crippen molar-refractivity contribution in [1.82, 2.24) is 4.90 Å². The molecule has 3 atom stereocenters. The second kappa shape index (κ2) is 4.37. The van der Waals surface area contributed by atoms with Crippen LogP contribution in [0.5, 0.6) is 0 Å². The first-order chi connectivity index (χ1) is 9.08. The molecule has 0 aromatic heterocycles. The molecule has 3 fully saturated rings. The number of oxime groups is 1. The molecule has 1 heterocycles. The van der Waals surface area contributed by atoms with Gasteiger partial charge in [0, 0.05) is 19.0 Å². The molecule has 0 spiro atoms. The lowest BCUT2D eigenvalue weighted by atomic mass is 9.67. The van der Waals surface area contributed by atoms with E-state index in [0.29, 0.717) is 31.8 Å². The van der Waals surface area contributed by atoms with Crippen molar-refractivity contribution in [2.45, 2.75) is 38.2 Å². The van der Waals surface area contributed by atoms with Crippen molar-refractivity contribution in [3.63, 3.8) is 0 Å². The van der Waals surface area contributed by atoms with Crippen molar-refractivity contribution in [1.29, 1.82) is 0 Å². The van der Waals surface area contributed by atoms with Gasteiger partial charge in [-0.3, -0.25) is 4.79 Å². The molecule has 1 saturated heterocycles. The first-order valence-corrected chi connectivity index (χ1v) is 7.04. The number of nitrogens with two attached hydrogens (primary N) is 1. The number of aliphatic hydroxyl groups is 1. The minimum atomic E-state index is -0.779. The number of hydrogen-bond donors (Lipinski definition) is 3. The molecule has 6 nitrogen and oxygen atoms in total. The highest BCUT2D eigenvalue weighted by molar-refractivity contribution is 6.07. The van der Waals surface area contributed by atoms with E-state index in [1.54, 1.807) is 0 Å². The van der Waals surface area contributed by atoms with Crippen LogP contribution in [-0.2, 0) is 4.79 Å². The highest BCUT2D eigenvalue weighted by Gasteiger charge is 2.53. The number of nitrogens with zero attached hydrogens (tertiary/aromatic N) is 2. The van der Waals surface area contributed by atoms with E-state index in [1.165, 1.54) is 0 Å². The Hall–Kier alpha value is -1.30. The van der Waals surface area contributed by atoms with E-state index >= 15 is 0 Å². The highest BCUT2D eigenvalue weighted by Crippen LogP contribution is 2.46. The molecule has 2 aliphatic carbocycles. The van der Waals surface area contributed by atoms with Gasteiger partial charge in [-0.1, -0.05) is 11.6 Å². The molecule has 1 amide bonds. The number of amides is 1. The average Bonchev–Trinajstić information content (AvgIpc) is 2.90. The van der Waals surface area contributed by atoms with Gasteiger partial charge in [-0.2, -0.15) is 0 Å². The highest BCUT2D eigenvalue weighted by atomic mass is 16.4. The van der Waals surface area contributed by atoms with Gasteiger partial charge in [0.05, 0.1) is 6.10 Å². The molecule has 0 bridgehead atoms. The third kappa shape index (κ3) is 1.73. The molecular weight excluding hydrogens is 246 g/mol. The average molecular weight is 267 g/mol. The molecule has 6 heteroatoms. The lowest BCUT2D eigenvalue weighted by molar-refractivity contribution is -0.141. The maximum atomic E-state index is 12.7. The Bertz CT molecular complexity index is 419. The molecule has 0 radical (unpaired) electrons. The van der Waals surface area contributed by atoms with Gasteiger partial charge in [0.15, 0.2) is 5.84 Å². The summed E-state index contributed by atoms with van der Waals surface area (Å²) in [4.78, 5) is 14.5. The van der Waals surface area contributed by atoms with E-state index in [9.17, 15) is 9.90 Å². The van der Waals surface area contributed by atoms with Crippen LogP contribution in [-0.4, -0.2) is 46.1 Å². The number of hydrogen-bond acceptors (Lipinski definition) is 4. The first-order valence-electron chi connectivity index (χ1n) is 7.04. The molecule has 106 valence electrons. The van der Waals surface area contributed by atoms with Crippen LogP contribution in [0.4, 0.5) is 0 Å². The van der Waals surface area contributed by atoms with Gasteiger partial charge in [0.25, 0.3) is 0 Å². The van der Waals surface area contributed by atoms with Gasteiger partial charge >= 0.3 is 0 Å². The minimum Gasteiger partial charge on any atom is -0.409 e. The largest absolute Gasteiger partial charge is 0.409 e. The molecule has 1 aliphatic heterocycles. The van der Waals surface area contributed by atoms with Gasteiger partial charge in [0.2, 0.25) is 5.91 Å². The predicted molar refractivity (Wildman–Crippen MR) is 68.5 cm³/mol. The minimum absolute atomic E-state index is 0.0179. The summed E-state index contributed by atoms with van der Waals surface area (Å²) in [6, 6.07) is 0. The summed E-state index contributed by atoms with van der Waals surface area (Å²) < 4.78 is 0. The third-order valence-electron chi connectivity index (χ3n) is 5.32. The number of carbonyl (C=O) groups is 1. The zero-order valence-electron chi connectivity index (χ0n) is 11.0. The van der Waals surface area contributed by atoms with Gasteiger partial charge in [0.1, 0.15) is 5.41 Å². The van der Waals surface area contributed by atoms with Crippen molar-refractivity contribution >= 4 is 11.7 Å². The Kier molecular flexibility index (Phi) is 2.92. The maximum absolute atomic E-state index is 12.7. The molecule has 3 rings (SSSR count). The second-order valence-corrected chi connectivity index (χ2v) is 6.20. The van der Waals surface area contributed by atoms with Crippen LogP contribution in [0, 0.1) is 17.3 Å². The van der Waals surface area contributed by atoms with E-state index in [2.05, 4.69) is 5.16 Å². The van der Waals surface area contributed by atoms with Crippen LogP contribution in [0.25, 0.3) is 0 Å². The molecular formula is C13H21N3O3. The summed E-state index contributed by atoms with van der Waals surface area (Å²) in [5.74, 6) is 0.661. The summed E-state index contributed by atoms with van der Waals surface area (Å²) in [6.45, 7) is 1.33. The molecule has 4 N–H and O–H groups in total. The normalized spacial score (nSPS) is 37.0. The standard InChI is InChI=1S/C13H21N3O3/c14-11(15-19)13(4-1-5-13)12(18)16-6-8-2-3-10(17)9(8)7-16/h8-10,17,19H,1-7H2,(H2,14,15). The first kappa shape index (κ1) is 12.7. The Morgan fingerprint density at radius 3 is 2.58 bits per heavy atom. The number of likely N-dealkylation sites (tertiary alicyclic amines) is 1. The summed E-state index contributed by atoms with van der Waals surface area (Å²) in [6.07, 6.45) is 3.83. The van der Waals surface area contributed by atoms with Crippen molar-refractivity contribution in [3.05, 3.63) is 0 Å². The molecule has 19 heavy (non-hydrogen) atoms. The van der Waals surface area contributed by atoms with Gasteiger partial charge in [-0.05, 0) is 31.6 Å². The Morgan fingerprint density at radius 2 is 2.05 bits per heavy atom. The topological polar surface area (TPSA) is 99.2 Å². The fourth-order valence-electron chi connectivity index (χ4n) is 3.91. The number of carbonyl (C=O) groups excluding carboxylic acids is 1. The van der Waals surface area contributed by atoms with Gasteiger partial charge in [-0.15, -0.1) is 0 Å². The van der Waals surface area contributed by atoms with Crippen LogP contribution in [0.15, 0.2) is 5.16 Å². The zero-order valence-corrected chi connectivity index (χ0v) is 11.0. The predicted octanol–water partition coefficient (Wildman–Crippen LogP) is 0.132. The quantitative estimate of drug-likeness (QED) is 0.287. The Labute approximate surface area is 112 Å². The van der Waals surface area contributed by atoms with Gasteiger partial charge < -0.3 is 20.9 Å². The summed E-state index contributed by atoms with van der Waals surface area (Å²) in [5, 5.41) is 21.8. The van der Waals surface area contributed by atoms with Crippen LogP contribution in [0.3, 0.4) is 0 Å². The Morgan fingerprint density at radius 1 is 1.32 bits per heavy atom. The van der Waals surface area contributed by atoms with Crippen molar-refractivity contribution in [2.24, 2.45) is 28.1 Å². The summed E-state index contributed by atoms with van der Waals surface area (Å²) in [7, 11) is 0. The van der Waals surface area contributed by atoms with E-state index in [-0.39, 0.29) is 23.8 Å². The van der Waals surface area contributed by atoms with Crippen molar-refractivity contribution < 1.29 is 15.1 Å². The van der Waals surface area contributed by atoms with Gasteiger partial charge in [-0.25, -0.2) is 0 Å². The molecule has 2 saturated carbocycles. The van der Waals surface area contributed by atoms with Crippen molar-refractivity contribution in [3.8, 4) is 0 Å².